The van der Waals surface area contributed by atoms with Crippen LogP contribution in [-0.2, 0) is 4.79 Å². The van der Waals surface area contributed by atoms with Crippen LogP contribution in [0.1, 0.15) is 63.7 Å². The van der Waals surface area contributed by atoms with Gasteiger partial charge < -0.3 is 20.7 Å². The van der Waals surface area contributed by atoms with Crippen LogP contribution < -0.4 is 11.1 Å². The lowest BCUT2D eigenvalue weighted by Crippen LogP contribution is -2.33. The molecule has 2 aromatic heterocycles. The van der Waals surface area contributed by atoms with Gasteiger partial charge in [0.1, 0.15) is 17.2 Å². The van der Waals surface area contributed by atoms with E-state index in [-0.39, 0.29) is 35.3 Å². The molecule has 182 valence electrons. The summed E-state index contributed by atoms with van der Waals surface area (Å²) in [6.07, 6.45) is 5.46. The van der Waals surface area contributed by atoms with E-state index in [1.165, 1.54) is 12.1 Å². The van der Waals surface area contributed by atoms with Crippen LogP contribution in [0.15, 0.2) is 24.3 Å². The van der Waals surface area contributed by atoms with Gasteiger partial charge in [0.15, 0.2) is 17.0 Å². The lowest BCUT2D eigenvalue weighted by Gasteiger charge is -2.23. The minimum absolute atomic E-state index is 0.0208. The van der Waals surface area contributed by atoms with Crippen molar-refractivity contribution in [3.05, 3.63) is 35.9 Å². The average Bonchev–Trinajstić information content (AvgIpc) is 3.56. The summed E-state index contributed by atoms with van der Waals surface area (Å²) in [6, 6.07) is 5.96. The van der Waals surface area contributed by atoms with Crippen molar-refractivity contribution in [2.45, 2.75) is 63.5 Å². The number of imidazole rings is 1. The fraction of sp³-hybridized carbons (Fsp3) is 0.462. The van der Waals surface area contributed by atoms with Gasteiger partial charge in [0.05, 0.1) is 5.92 Å². The number of nitrogens with zero attached hydrogens (tertiary/aromatic N) is 4. The van der Waals surface area contributed by atoms with Gasteiger partial charge in [-0.1, -0.05) is 24.5 Å². The zero-order valence-corrected chi connectivity index (χ0v) is 19.7. The number of carbonyl (C=O) groups is 1. The number of fused-ring (bicyclic) bond motifs is 1. The number of hydrogen-bond donors (Lipinski definition) is 3. The van der Waals surface area contributed by atoms with Crippen molar-refractivity contribution >= 4 is 22.9 Å². The summed E-state index contributed by atoms with van der Waals surface area (Å²) < 4.78 is 16.1. The van der Waals surface area contributed by atoms with E-state index in [1.807, 2.05) is 11.5 Å². The van der Waals surface area contributed by atoms with Crippen LogP contribution >= 0.6 is 0 Å². The zero-order valence-electron chi connectivity index (χ0n) is 19.7. The molecule has 0 bridgehead atoms. The molecule has 9 heteroatoms. The molecule has 0 radical (unpaired) electrons. The Labute approximate surface area is 203 Å². The van der Waals surface area contributed by atoms with Gasteiger partial charge in [-0.3, -0.25) is 4.79 Å². The van der Waals surface area contributed by atoms with E-state index in [1.54, 1.807) is 12.1 Å². The monoisotopic (exact) mass is 476 g/mol. The first-order valence-electron chi connectivity index (χ1n) is 12.2. The molecule has 5 rings (SSSR count). The van der Waals surface area contributed by atoms with Gasteiger partial charge in [0, 0.05) is 18.2 Å². The van der Waals surface area contributed by atoms with Crippen LogP contribution in [0.2, 0.25) is 0 Å². The van der Waals surface area contributed by atoms with Crippen molar-refractivity contribution in [1.29, 1.82) is 0 Å². The van der Waals surface area contributed by atoms with Gasteiger partial charge >= 0.3 is 0 Å². The first-order chi connectivity index (χ1) is 16.9. The molecule has 0 spiro atoms. The Morgan fingerprint density at radius 2 is 2.06 bits per heavy atom. The standard InChI is InChI=1S/C26H29FN6O2/c1-2-29-25(34)18-9-6-10-19(18)33-23(16-7-5-8-17(27)15-16)32-21-22(28)30-20(31-24(21)33)11-14-26(35)12-3-4-13-26/h5,7-8,15,18-19,35H,2-4,6,9-10,12-13H2,1H3,(H,29,34)(H2,28,30,31)/t18-,19?/m1/s1. The Balaban J connectivity index is 1.68. The molecule has 4 N–H and O–H groups in total. The Morgan fingerprint density at radius 1 is 1.26 bits per heavy atom. The molecule has 2 atom stereocenters. The molecule has 8 nitrogen and oxygen atoms in total. The van der Waals surface area contributed by atoms with Gasteiger partial charge in [0.25, 0.3) is 0 Å². The Kier molecular flexibility index (Phi) is 6.15. The second-order valence-electron chi connectivity index (χ2n) is 9.41. The number of aliphatic hydroxyl groups is 1. The van der Waals surface area contributed by atoms with Crippen LogP contribution in [0.3, 0.4) is 0 Å². The first-order valence-corrected chi connectivity index (χ1v) is 12.2. The number of carbonyl (C=O) groups excluding carboxylic acids is 1. The fourth-order valence-electron chi connectivity index (χ4n) is 5.31. The highest BCUT2D eigenvalue weighted by Crippen LogP contribution is 2.41. The van der Waals surface area contributed by atoms with Gasteiger partial charge in [-0.05, 0) is 63.5 Å². The molecule has 0 saturated heterocycles. The van der Waals surface area contributed by atoms with Crippen molar-refractivity contribution in [1.82, 2.24) is 24.8 Å². The van der Waals surface area contributed by atoms with Crippen LogP contribution in [0, 0.1) is 23.6 Å². The highest BCUT2D eigenvalue weighted by atomic mass is 19.1. The van der Waals surface area contributed by atoms with Crippen LogP contribution in [-0.4, -0.2) is 42.7 Å². The second kappa shape index (κ2) is 9.27. The SMILES string of the molecule is CCNC(=O)[C@@H]1CCCC1n1c(-c2cccc(F)c2)nc2c(N)nc(C#CC3(O)CCCC3)nc21. The summed E-state index contributed by atoms with van der Waals surface area (Å²) in [5.74, 6) is 5.99. The topological polar surface area (TPSA) is 119 Å². The normalized spacial score (nSPS) is 21.1. The van der Waals surface area contributed by atoms with Crippen LogP contribution in [0.5, 0.6) is 0 Å². The Bertz CT molecular complexity index is 1330. The lowest BCUT2D eigenvalue weighted by atomic mass is 10.0. The second-order valence-corrected chi connectivity index (χ2v) is 9.41. The molecule has 1 unspecified atom stereocenters. The molecule has 2 heterocycles. The number of nitrogens with two attached hydrogens (primary N) is 1. The summed E-state index contributed by atoms with van der Waals surface area (Å²) in [5, 5.41) is 13.6. The van der Waals surface area contributed by atoms with E-state index < -0.39 is 5.60 Å². The number of anilines is 1. The maximum Gasteiger partial charge on any atom is 0.225 e. The van der Waals surface area contributed by atoms with Crippen LogP contribution in [0.25, 0.3) is 22.6 Å². The van der Waals surface area contributed by atoms with Crippen molar-refractivity contribution in [2.75, 3.05) is 12.3 Å². The molecule has 35 heavy (non-hydrogen) atoms. The molecular formula is C26H29FN6O2. The van der Waals surface area contributed by atoms with E-state index in [9.17, 15) is 14.3 Å². The number of benzene rings is 1. The molecule has 3 aromatic rings. The maximum absolute atomic E-state index is 14.2. The minimum atomic E-state index is -1.03. The average molecular weight is 477 g/mol. The number of aromatic nitrogens is 4. The Hall–Kier alpha value is -3.51. The summed E-state index contributed by atoms with van der Waals surface area (Å²) in [6.45, 7) is 2.44. The van der Waals surface area contributed by atoms with Gasteiger partial charge in [-0.2, -0.15) is 0 Å². The quantitative estimate of drug-likeness (QED) is 0.497. The van der Waals surface area contributed by atoms with Gasteiger partial charge in [-0.15, -0.1) is 0 Å². The molecule has 1 amide bonds. The smallest absolute Gasteiger partial charge is 0.225 e. The van der Waals surface area contributed by atoms with E-state index in [2.05, 4.69) is 27.1 Å². The summed E-state index contributed by atoms with van der Waals surface area (Å²) in [4.78, 5) is 26.6. The fourth-order valence-corrected chi connectivity index (χ4v) is 5.31. The van der Waals surface area contributed by atoms with E-state index in [0.717, 1.165) is 32.1 Å². The lowest BCUT2D eigenvalue weighted by molar-refractivity contribution is -0.125. The third-order valence-electron chi connectivity index (χ3n) is 6.99. The summed E-state index contributed by atoms with van der Waals surface area (Å²) >= 11 is 0. The third-order valence-corrected chi connectivity index (χ3v) is 6.99. The van der Waals surface area contributed by atoms with Crippen molar-refractivity contribution in [2.24, 2.45) is 5.92 Å². The van der Waals surface area contributed by atoms with Crippen molar-refractivity contribution in [3.8, 4) is 23.2 Å². The minimum Gasteiger partial charge on any atom is -0.382 e. The number of hydrogen-bond acceptors (Lipinski definition) is 6. The van der Waals surface area contributed by atoms with Crippen molar-refractivity contribution in [3.63, 3.8) is 0 Å². The highest BCUT2D eigenvalue weighted by Gasteiger charge is 2.37. The maximum atomic E-state index is 14.2. The number of nitrogens with one attached hydrogen (secondary N) is 1. The van der Waals surface area contributed by atoms with Gasteiger partial charge in [-0.25, -0.2) is 19.3 Å². The number of halogens is 1. The molecule has 0 aliphatic heterocycles. The summed E-state index contributed by atoms with van der Waals surface area (Å²) in [7, 11) is 0. The van der Waals surface area contributed by atoms with E-state index >= 15 is 0 Å². The highest BCUT2D eigenvalue weighted by molar-refractivity contribution is 5.87. The molecule has 2 aliphatic rings. The predicted molar refractivity (Wildman–Crippen MR) is 130 cm³/mol. The van der Waals surface area contributed by atoms with Crippen LogP contribution in [0.4, 0.5) is 10.2 Å². The summed E-state index contributed by atoms with van der Waals surface area (Å²) in [5.41, 5.74) is 6.67. The zero-order chi connectivity index (χ0) is 24.6. The van der Waals surface area contributed by atoms with Gasteiger partial charge in [0.2, 0.25) is 11.7 Å². The number of rotatable bonds is 4. The third kappa shape index (κ3) is 4.46. The van der Waals surface area contributed by atoms with E-state index in [4.69, 9.17) is 10.7 Å². The number of amides is 1. The first kappa shape index (κ1) is 23.2. The molecular weight excluding hydrogens is 447 g/mol. The molecule has 2 saturated carbocycles. The number of nitrogen functional groups attached to an aromatic ring is 1. The van der Waals surface area contributed by atoms with Crippen molar-refractivity contribution < 1.29 is 14.3 Å². The predicted octanol–water partition coefficient (Wildman–Crippen LogP) is 3.35. The molecule has 1 aromatic carbocycles. The largest absolute Gasteiger partial charge is 0.382 e. The molecule has 2 aliphatic carbocycles. The molecule has 2 fully saturated rings. The Morgan fingerprint density at radius 3 is 2.80 bits per heavy atom. The van der Waals surface area contributed by atoms with E-state index in [0.29, 0.717) is 41.9 Å².